The SMILES string of the molecule is O=C(CSc1ncnc2sc3c(c12)CCC3)N1CCCc2ccccc21. The Bertz CT molecular complexity index is 998. The molecule has 1 aliphatic carbocycles. The van der Waals surface area contributed by atoms with Crippen molar-refractivity contribution < 1.29 is 4.79 Å². The first kappa shape index (κ1) is 16.3. The van der Waals surface area contributed by atoms with Gasteiger partial charge in [0.1, 0.15) is 16.2 Å². The van der Waals surface area contributed by atoms with Crippen LogP contribution in [0.3, 0.4) is 0 Å². The quantitative estimate of drug-likeness (QED) is 0.503. The summed E-state index contributed by atoms with van der Waals surface area (Å²) in [5.74, 6) is 0.589. The highest BCUT2D eigenvalue weighted by atomic mass is 32.2. The highest BCUT2D eigenvalue weighted by molar-refractivity contribution is 8.00. The molecule has 1 aromatic carbocycles. The predicted molar refractivity (Wildman–Crippen MR) is 107 cm³/mol. The van der Waals surface area contributed by atoms with E-state index < -0.39 is 0 Å². The van der Waals surface area contributed by atoms with Crippen LogP contribution in [0.2, 0.25) is 0 Å². The lowest BCUT2D eigenvalue weighted by Gasteiger charge is -2.29. The van der Waals surface area contributed by atoms with Gasteiger partial charge < -0.3 is 4.90 Å². The second-order valence-corrected chi connectivity index (χ2v) is 8.83. The Balaban J connectivity index is 1.39. The molecule has 26 heavy (non-hydrogen) atoms. The second-order valence-electron chi connectivity index (χ2n) is 6.78. The lowest BCUT2D eigenvalue weighted by Crippen LogP contribution is -2.36. The number of thiophene rings is 1. The zero-order chi connectivity index (χ0) is 17.5. The molecule has 0 spiro atoms. The normalized spacial score (nSPS) is 15.9. The van der Waals surface area contributed by atoms with E-state index in [1.807, 2.05) is 11.0 Å². The maximum Gasteiger partial charge on any atom is 0.237 e. The molecule has 0 atom stereocenters. The molecule has 1 aliphatic heterocycles. The van der Waals surface area contributed by atoms with Crippen LogP contribution in [0.1, 0.15) is 28.8 Å². The molecule has 1 amide bonds. The number of fused-ring (bicyclic) bond motifs is 4. The van der Waals surface area contributed by atoms with Gasteiger partial charge in [-0.3, -0.25) is 4.79 Å². The van der Waals surface area contributed by atoms with Crippen LogP contribution < -0.4 is 4.90 Å². The number of hydrogen-bond donors (Lipinski definition) is 0. The molecule has 0 saturated heterocycles. The van der Waals surface area contributed by atoms with Crippen LogP contribution in [0.4, 0.5) is 5.69 Å². The Hall–Kier alpha value is -1.92. The molecular weight excluding hydrogens is 362 g/mol. The molecule has 5 rings (SSSR count). The second kappa shape index (κ2) is 6.67. The molecule has 0 N–H and O–H groups in total. The summed E-state index contributed by atoms with van der Waals surface area (Å²) in [6.45, 7) is 0.809. The molecular formula is C20H19N3OS2. The van der Waals surface area contributed by atoms with E-state index >= 15 is 0 Å². The third-order valence-corrected chi connectivity index (χ3v) is 7.38. The Morgan fingerprint density at radius 3 is 3.04 bits per heavy atom. The number of thioether (sulfide) groups is 1. The van der Waals surface area contributed by atoms with Crippen molar-refractivity contribution >= 4 is 44.9 Å². The molecule has 4 nitrogen and oxygen atoms in total. The number of carbonyl (C=O) groups excluding carboxylic acids is 1. The monoisotopic (exact) mass is 381 g/mol. The van der Waals surface area contributed by atoms with E-state index in [0.29, 0.717) is 5.75 Å². The van der Waals surface area contributed by atoms with Gasteiger partial charge >= 0.3 is 0 Å². The number of anilines is 1. The number of rotatable bonds is 3. The fourth-order valence-electron chi connectivity index (χ4n) is 4.01. The van der Waals surface area contributed by atoms with E-state index in [2.05, 4.69) is 28.2 Å². The van der Waals surface area contributed by atoms with E-state index in [1.54, 1.807) is 29.4 Å². The third kappa shape index (κ3) is 2.72. The Kier molecular flexibility index (Phi) is 4.17. The van der Waals surface area contributed by atoms with Crippen molar-refractivity contribution in [3.63, 3.8) is 0 Å². The first-order valence-electron chi connectivity index (χ1n) is 9.07. The molecule has 3 aromatic rings. The topological polar surface area (TPSA) is 46.1 Å². The largest absolute Gasteiger partial charge is 0.311 e. The van der Waals surface area contributed by atoms with Crippen molar-refractivity contribution in [2.75, 3.05) is 17.2 Å². The van der Waals surface area contributed by atoms with Crippen LogP contribution in [0.25, 0.3) is 10.2 Å². The standard InChI is InChI=1S/C20H19N3OS2/c24-17(23-10-4-6-13-5-1-2-8-15(13)23)11-25-19-18-14-7-3-9-16(14)26-20(18)22-12-21-19/h1-2,5,8,12H,3-4,6-7,9-11H2. The number of carbonyl (C=O) groups is 1. The number of aromatic nitrogens is 2. The van der Waals surface area contributed by atoms with Crippen molar-refractivity contribution in [3.05, 3.63) is 46.6 Å². The van der Waals surface area contributed by atoms with Gasteiger partial charge in [-0.25, -0.2) is 9.97 Å². The number of amides is 1. The van der Waals surface area contributed by atoms with Gasteiger partial charge in [0, 0.05) is 22.5 Å². The molecule has 2 aliphatic rings. The highest BCUT2D eigenvalue weighted by Crippen LogP contribution is 2.40. The maximum absolute atomic E-state index is 12.9. The lowest BCUT2D eigenvalue weighted by molar-refractivity contribution is -0.116. The fourth-order valence-corrected chi connectivity index (χ4v) is 6.21. The van der Waals surface area contributed by atoms with Gasteiger partial charge in [0.05, 0.1) is 5.75 Å². The van der Waals surface area contributed by atoms with Gasteiger partial charge in [0.15, 0.2) is 0 Å². The van der Waals surface area contributed by atoms with Gasteiger partial charge in [-0.15, -0.1) is 11.3 Å². The number of aryl methyl sites for hydroxylation is 3. The van der Waals surface area contributed by atoms with Gasteiger partial charge in [-0.05, 0) is 49.3 Å². The summed E-state index contributed by atoms with van der Waals surface area (Å²) in [5, 5.41) is 2.16. The fraction of sp³-hybridized carbons (Fsp3) is 0.350. The van der Waals surface area contributed by atoms with Gasteiger partial charge in [0.25, 0.3) is 0 Å². The number of para-hydroxylation sites is 1. The smallest absolute Gasteiger partial charge is 0.237 e. The summed E-state index contributed by atoms with van der Waals surface area (Å²) in [6.07, 6.45) is 7.22. The molecule has 2 aromatic heterocycles. The molecule has 0 fully saturated rings. The van der Waals surface area contributed by atoms with E-state index in [1.165, 1.54) is 27.8 Å². The average Bonchev–Trinajstić information content (AvgIpc) is 3.26. The first-order valence-corrected chi connectivity index (χ1v) is 10.9. The molecule has 0 bridgehead atoms. The molecule has 0 unspecified atom stereocenters. The van der Waals surface area contributed by atoms with Gasteiger partial charge in [-0.2, -0.15) is 0 Å². The minimum Gasteiger partial charge on any atom is -0.311 e. The van der Waals surface area contributed by atoms with E-state index in [0.717, 1.165) is 47.8 Å². The molecule has 3 heterocycles. The van der Waals surface area contributed by atoms with E-state index in [4.69, 9.17) is 0 Å². The average molecular weight is 382 g/mol. The lowest BCUT2D eigenvalue weighted by atomic mass is 10.0. The van der Waals surface area contributed by atoms with Crippen LogP contribution >= 0.6 is 23.1 Å². The molecule has 0 saturated carbocycles. The Labute approximate surface area is 160 Å². The number of hydrogen-bond acceptors (Lipinski definition) is 5. The van der Waals surface area contributed by atoms with E-state index in [9.17, 15) is 4.79 Å². The number of benzene rings is 1. The Morgan fingerprint density at radius 2 is 2.08 bits per heavy atom. The third-order valence-electron chi connectivity index (χ3n) is 5.21. The van der Waals surface area contributed by atoms with Crippen LogP contribution in [0, 0.1) is 0 Å². The van der Waals surface area contributed by atoms with Crippen LogP contribution in [0.15, 0.2) is 35.6 Å². The molecule has 0 radical (unpaired) electrons. The van der Waals surface area contributed by atoms with Crippen molar-refractivity contribution in [1.29, 1.82) is 0 Å². The van der Waals surface area contributed by atoms with Gasteiger partial charge in [0.2, 0.25) is 5.91 Å². The highest BCUT2D eigenvalue weighted by Gasteiger charge is 2.24. The summed E-state index contributed by atoms with van der Waals surface area (Å²) in [5.41, 5.74) is 3.77. The Morgan fingerprint density at radius 1 is 1.15 bits per heavy atom. The molecule has 6 heteroatoms. The first-order chi connectivity index (χ1) is 12.8. The maximum atomic E-state index is 12.9. The minimum atomic E-state index is 0.167. The number of nitrogens with zero attached hydrogens (tertiary/aromatic N) is 3. The summed E-state index contributed by atoms with van der Waals surface area (Å²) in [6, 6.07) is 8.26. The van der Waals surface area contributed by atoms with Crippen molar-refractivity contribution in [2.24, 2.45) is 0 Å². The summed E-state index contributed by atoms with van der Waals surface area (Å²) < 4.78 is 0. The summed E-state index contributed by atoms with van der Waals surface area (Å²) in [7, 11) is 0. The van der Waals surface area contributed by atoms with Crippen molar-refractivity contribution in [1.82, 2.24) is 9.97 Å². The summed E-state index contributed by atoms with van der Waals surface area (Å²) >= 11 is 3.36. The van der Waals surface area contributed by atoms with Crippen molar-refractivity contribution in [3.8, 4) is 0 Å². The van der Waals surface area contributed by atoms with Gasteiger partial charge in [-0.1, -0.05) is 30.0 Å². The zero-order valence-corrected chi connectivity index (χ0v) is 16.0. The van der Waals surface area contributed by atoms with Crippen LogP contribution in [-0.2, 0) is 24.1 Å². The van der Waals surface area contributed by atoms with Crippen LogP contribution in [-0.4, -0.2) is 28.2 Å². The van der Waals surface area contributed by atoms with E-state index in [-0.39, 0.29) is 5.91 Å². The van der Waals surface area contributed by atoms with Crippen LogP contribution in [0.5, 0.6) is 0 Å². The zero-order valence-electron chi connectivity index (χ0n) is 14.4. The molecule has 132 valence electrons. The minimum absolute atomic E-state index is 0.167. The van der Waals surface area contributed by atoms with Crippen molar-refractivity contribution in [2.45, 2.75) is 37.1 Å². The summed E-state index contributed by atoms with van der Waals surface area (Å²) in [4.78, 5) is 26.3. The predicted octanol–water partition coefficient (Wildman–Crippen LogP) is 4.25.